The smallest absolute Gasteiger partial charge is 0.113 e. The molecule has 1 unspecified atom stereocenters. The van der Waals surface area contributed by atoms with E-state index in [-0.39, 0.29) is 0 Å². The summed E-state index contributed by atoms with van der Waals surface area (Å²) in [6.07, 6.45) is 7.26. The van der Waals surface area contributed by atoms with Crippen molar-refractivity contribution in [3.63, 3.8) is 0 Å². The average molecular weight is 251 g/mol. The molecule has 1 saturated heterocycles. The van der Waals surface area contributed by atoms with E-state index in [1.165, 1.54) is 12.8 Å². The number of pyridine rings is 1. The second-order valence-corrected chi connectivity index (χ2v) is 5.04. The van der Waals surface area contributed by atoms with Gasteiger partial charge in [0.05, 0.1) is 11.7 Å². The third kappa shape index (κ3) is 2.31. The monoisotopic (exact) mass is 250 g/mol. The van der Waals surface area contributed by atoms with E-state index in [0.717, 1.165) is 36.0 Å². The van der Waals surface area contributed by atoms with Crippen LogP contribution in [-0.2, 0) is 11.2 Å². The molecular formula is C13H15ClN2O. The molecule has 1 atom stereocenters. The van der Waals surface area contributed by atoms with Crippen LogP contribution in [0, 0.1) is 5.92 Å². The minimum atomic E-state index is 0.602. The Morgan fingerprint density at radius 2 is 2.47 bits per heavy atom. The molecule has 3 nitrogen and oxygen atoms in total. The van der Waals surface area contributed by atoms with E-state index in [1.807, 2.05) is 24.5 Å². The number of hydrogen-bond donors (Lipinski definition) is 0. The van der Waals surface area contributed by atoms with Crippen LogP contribution >= 0.6 is 11.6 Å². The van der Waals surface area contributed by atoms with Crippen LogP contribution < -0.4 is 0 Å². The number of rotatable bonds is 2. The normalized spacial score (nSPS) is 20.9. The molecule has 0 bridgehead atoms. The van der Waals surface area contributed by atoms with Gasteiger partial charge in [-0.2, -0.15) is 0 Å². The second-order valence-electron chi connectivity index (χ2n) is 4.60. The maximum absolute atomic E-state index is 5.96. The van der Waals surface area contributed by atoms with Gasteiger partial charge in [0.25, 0.3) is 0 Å². The fraction of sp³-hybridized carbons (Fsp3) is 0.462. The van der Waals surface area contributed by atoms with Crippen LogP contribution in [0.4, 0.5) is 0 Å². The van der Waals surface area contributed by atoms with E-state index < -0.39 is 0 Å². The van der Waals surface area contributed by atoms with Crippen molar-refractivity contribution >= 4 is 17.1 Å². The van der Waals surface area contributed by atoms with Gasteiger partial charge in [-0.3, -0.25) is 0 Å². The highest BCUT2D eigenvalue weighted by molar-refractivity contribution is 6.30. The van der Waals surface area contributed by atoms with Gasteiger partial charge in [0.15, 0.2) is 0 Å². The van der Waals surface area contributed by atoms with Crippen molar-refractivity contribution in [3.8, 4) is 0 Å². The fourth-order valence-electron chi connectivity index (χ4n) is 2.41. The quantitative estimate of drug-likeness (QED) is 0.819. The highest BCUT2D eigenvalue weighted by atomic mass is 35.5. The number of imidazole rings is 1. The molecule has 0 aromatic carbocycles. The summed E-state index contributed by atoms with van der Waals surface area (Å²) >= 11 is 5.96. The van der Waals surface area contributed by atoms with Crippen molar-refractivity contribution in [2.75, 3.05) is 13.2 Å². The molecule has 90 valence electrons. The van der Waals surface area contributed by atoms with Crippen molar-refractivity contribution in [3.05, 3.63) is 35.4 Å². The molecule has 0 spiro atoms. The van der Waals surface area contributed by atoms with E-state index in [1.54, 1.807) is 0 Å². The van der Waals surface area contributed by atoms with Gasteiger partial charge in [0.1, 0.15) is 5.82 Å². The van der Waals surface area contributed by atoms with Crippen LogP contribution in [0.5, 0.6) is 0 Å². The number of aromatic nitrogens is 2. The van der Waals surface area contributed by atoms with Crippen molar-refractivity contribution in [1.29, 1.82) is 0 Å². The SMILES string of the molecule is Clc1ccn2c(CC3CCCOC3)ncc2c1. The third-order valence-electron chi connectivity index (χ3n) is 3.30. The average Bonchev–Trinajstić information content (AvgIpc) is 2.73. The molecule has 2 aromatic rings. The molecule has 3 rings (SSSR count). The predicted molar refractivity (Wildman–Crippen MR) is 67.4 cm³/mol. The van der Waals surface area contributed by atoms with E-state index in [4.69, 9.17) is 16.3 Å². The number of fused-ring (bicyclic) bond motifs is 1. The van der Waals surface area contributed by atoms with Crippen LogP contribution in [0.2, 0.25) is 5.02 Å². The first-order chi connectivity index (χ1) is 8.33. The summed E-state index contributed by atoms with van der Waals surface area (Å²) in [5.41, 5.74) is 1.06. The fourth-order valence-corrected chi connectivity index (χ4v) is 2.57. The van der Waals surface area contributed by atoms with Crippen LogP contribution in [-0.4, -0.2) is 22.6 Å². The van der Waals surface area contributed by atoms with Gasteiger partial charge in [-0.25, -0.2) is 4.98 Å². The number of nitrogens with zero attached hydrogens (tertiary/aromatic N) is 2. The molecular weight excluding hydrogens is 236 g/mol. The topological polar surface area (TPSA) is 26.5 Å². The maximum Gasteiger partial charge on any atom is 0.113 e. The number of ether oxygens (including phenoxy) is 1. The lowest BCUT2D eigenvalue weighted by Gasteiger charge is -2.21. The molecule has 0 saturated carbocycles. The Morgan fingerprint density at radius 3 is 3.29 bits per heavy atom. The summed E-state index contributed by atoms with van der Waals surface area (Å²) in [6.45, 7) is 1.77. The van der Waals surface area contributed by atoms with Gasteiger partial charge >= 0.3 is 0 Å². The molecule has 1 aliphatic heterocycles. The summed E-state index contributed by atoms with van der Waals surface area (Å²) in [7, 11) is 0. The van der Waals surface area contributed by atoms with Crippen molar-refractivity contribution < 1.29 is 4.74 Å². The molecule has 1 aliphatic rings. The summed E-state index contributed by atoms with van der Waals surface area (Å²) in [4.78, 5) is 4.48. The zero-order valence-corrected chi connectivity index (χ0v) is 10.4. The van der Waals surface area contributed by atoms with Gasteiger partial charge in [-0.05, 0) is 30.9 Å². The molecule has 1 fully saturated rings. The van der Waals surface area contributed by atoms with Crippen LogP contribution in [0.25, 0.3) is 5.52 Å². The molecule has 4 heteroatoms. The molecule has 2 aromatic heterocycles. The minimum absolute atomic E-state index is 0.602. The zero-order chi connectivity index (χ0) is 11.7. The summed E-state index contributed by atoms with van der Waals surface area (Å²) in [5, 5.41) is 0.755. The lowest BCUT2D eigenvalue weighted by molar-refractivity contribution is 0.0542. The Labute approximate surface area is 105 Å². The largest absolute Gasteiger partial charge is 0.381 e. The van der Waals surface area contributed by atoms with Gasteiger partial charge in [-0.1, -0.05) is 11.6 Å². The molecule has 3 heterocycles. The lowest BCUT2D eigenvalue weighted by Crippen LogP contribution is -2.20. The molecule has 0 aliphatic carbocycles. The van der Waals surface area contributed by atoms with E-state index in [9.17, 15) is 0 Å². The van der Waals surface area contributed by atoms with E-state index >= 15 is 0 Å². The van der Waals surface area contributed by atoms with Gasteiger partial charge in [-0.15, -0.1) is 0 Å². The van der Waals surface area contributed by atoms with E-state index in [0.29, 0.717) is 5.92 Å². The Morgan fingerprint density at radius 1 is 1.53 bits per heavy atom. The molecule has 0 amide bonds. The Hall–Kier alpha value is -1.06. The van der Waals surface area contributed by atoms with Gasteiger partial charge < -0.3 is 9.14 Å². The van der Waals surface area contributed by atoms with Crippen LogP contribution in [0.1, 0.15) is 18.7 Å². The highest BCUT2D eigenvalue weighted by Crippen LogP contribution is 2.20. The Bertz CT molecular complexity index is 517. The van der Waals surface area contributed by atoms with Gasteiger partial charge in [0, 0.05) is 30.9 Å². The Kier molecular flexibility index (Phi) is 3.04. The maximum atomic E-state index is 5.96. The Balaban J connectivity index is 1.84. The molecule has 17 heavy (non-hydrogen) atoms. The van der Waals surface area contributed by atoms with Crippen LogP contribution in [0.3, 0.4) is 0 Å². The second kappa shape index (κ2) is 4.67. The summed E-state index contributed by atoms with van der Waals surface area (Å²) in [5.74, 6) is 1.71. The summed E-state index contributed by atoms with van der Waals surface area (Å²) in [6, 6.07) is 3.84. The van der Waals surface area contributed by atoms with Gasteiger partial charge in [0.2, 0.25) is 0 Å². The minimum Gasteiger partial charge on any atom is -0.381 e. The first kappa shape index (κ1) is 11.1. The predicted octanol–water partition coefficient (Wildman–Crippen LogP) is 2.96. The standard InChI is InChI=1S/C13H15ClN2O/c14-11-3-4-16-12(7-11)8-15-13(16)6-10-2-1-5-17-9-10/h3-4,7-8,10H,1-2,5-6,9H2. The van der Waals surface area contributed by atoms with Crippen molar-refractivity contribution in [2.24, 2.45) is 5.92 Å². The third-order valence-corrected chi connectivity index (χ3v) is 3.53. The highest BCUT2D eigenvalue weighted by Gasteiger charge is 2.16. The first-order valence-electron chi connectivity index (χ1n) is 6.02. The van der Waals surface area contributed by atoms with Crippen LogP contribution in [0.15, 0.2) is 24.5 Å². The molecule has 0 N–H and O–H groups in total. The lowest BCUT2D eigenvalue weighted by atomic mass is 9.98. The number of halogens is 1. The molecule has 0 radical (unpaired) electrons. The number of hydrogen-bond acceptors (Lipinski definition) is 2. The first-order valence-corrected chi connectivity index (χ1v) is 6.40. The van der Waals surface area contributed by atoms with E-state index in [2.05, 4.69) is 9.38 Å². The van der Waals surface area contributed by atoms with Crippen molar-refractivity contribution in [1.82, 2.24) is 9.38 Å². The summed E-state index contributed by atoms with van der Waals surface area (Å²) < 4.78 is 7.62. The zero-order valence-electron chi connectivity index (χ0n) is 9.60. The van der Waals surface area contributed by atoms with Crippen molar-refractivity contribution in [2.45, 2.75) is 19.3 Å².